The summed E-state index contributed by atoms with van der Waals surface area (Å²) in [6.45, 7) is 0.273. The van der Waals surface area contributed by atoms with Crippen molar-refractivity contribution in [3.63, 3.8) is 0 Å². The second kappa shape index (κ2) is 18.1. The number of nitrogens with one attached hydrogen (secondary N) is 1. The van der Waals surface area contributed by atoms with Gasteiger partial charge >= 0.3 is 25.8 Å². The van der Waals surface area contributed by atoms with E-state index in [9.17, 15) is 33.2 Å². The minimum atomic E-state index is -5.08. The van der Waals surface area contributed by atoms with Crippen LogP contribution in [0.15, 0.2) is 113 Å². The second-order valence-electron chi connectivity index (χ2n) is 10.6. The molecule has 1 aliphatic rings. The Morgan fingerprint density at radius 1 is 0.824 bits per heavy atom. The van der Waals surface area contributed by atoms with E-state index in [0.29, 0.717) is 5.56 Å². The number of carbonyl (C=O) groups excluding carboxylic acids is 2. The van der Waals surface area contributed by atoms with E-state index < -0.39 is 69.9 Å². The molecule has 51 heavy (non-hydrogen) atoms. The lowest BCUT2D eigenvalue weighted by atomic mass is 10.1. The summed E-state index contributed by atoms with van der Waals surface area (Å²) in [5.41, 5.74) is -1.18. The molecule has 4 aromatic rings. The fourth-order valence-electron chi connectivity index (χ4n) is 4.75. The number of thiol groups is 1. The van der Waals surface area contributed by atoms with E-state index in [2.05, 4.69) is 12.6 Å². The van der Waals surface area contributed by atoms with E-state index in [1.54, 1.807) is 73.0 Å². The van der Waals surface area contributed by atoms with Crippen LogP contribution < -0.4 is 20.7 Å². The first-order valence-corrected chi connectivity index (χ1v) is 19.6. The normalized spacial score (nSPS) is 20.4. The summed E-state index contributed by atoms with van der Waals surface area (Å²) in [5.74, 6) is 0.168. The predicted octanol–water partition coefficient (Wildman–Crippen LogP) is 5.39. The van der Waals surface area contributed by atoms with Crippen LogP contribution >= 0.6 is 27.8 Å². The summed E-state index contributed by atoms with van der Waals surface area (Å²) in [5, 5.41) is 0. The summed E-state index contributed by atoms with van der Waals surface area (Å²) in [7, 11) is -8.84. The number of benzene rings is 3. The maximum Gasteiger partial charge on any atom is 0.514 e. The number of nitrogens with zero attached hydrogens (tertiary/aromatic N) is 1. The Morgan fingerprint density at radius 2 is 1.33 bits per heavy atom. The van der Waals surface area contributed by atoms with Crippen LogP contribution in [0.25, 0.3) is 0 Å². The van der Waals surface area contributed by atoms with Crippen molar-refractivity contribution in [2.24, 2.45) is 0 Å². The van der Waals surface area contributed by atoms with Crippen molar-refractivity contribution in [1.82, 2.24) is 9.55 Å². The Hall–Kier alpha value is -4.47. The Kier molecular flexibility index (Phi) is 14.0. The first-order chi connectivity index (χ1) is 24.4. The second-order valence-corrected chi connectivity index (χ2v) is 14.8. The molecule has 1 aliphatic heterocycles. The molecule has 6 unspecified atom stereocenters. The highest BCUT2D eigenvalue weighted by atomic mass is 32.1. The number of para-hydroxylation sites is 2. The standard InChI is InChI=1S/C31H30N2O14P2.CH4S/c1-48(38,20-21-11-5-2-6-12-21)47-49(39,40)41-19-24-26(45-30(36)42-22-13-7-3-8-14-22)27(46-31(37)43-23-15-9-4-10-16-23)28(44-24)33-18-17-25(34)32-29(33)35;1-2/h2-18,24,26-28H,19-20H2,1H3,(H,39,40)(H,32,34,35);2H,1H3. The molecule has 0 spiro atoms. The molecule has 1 saturated heterocycles. The van der Waals surface area contributed by atoms with Crippen molar-refractivity contribution in [3.8, 4) is 11.5 Å². The highest BCUT2D eigenvalue weighted by Gasteiger charge is 2.52. The third-order valence-corrected chi connectivity index (χ3v) is 10.4. The van der Waals surface area contributed by atoms with Gasteiger partial charge in [0.05, 0.1) is 6.61 Å². The molecule has 19 heteroatoms. The van der Waals surface area contributed by atoms with E-state index in [1.807, 2.05) is 4.98 Å². The predicted molar refractivity (Wildman–Crippen MR) is 185 cm³/mol. The highest BCUT2D eigenvalue weighted by Crippen LogP contribution is 2.61. The molecule has 1 aromatic heterocycles. The van der Waals surface area contributed by atoms with Gasteiger partial charge in [0, 0.05) is 25.1 Å². The van der Waals surface area contributed by atoms with E-state index in [1.165, 1.54) is 24.3 Å². The first-order valence-electron chi connectivity index (χ1n) is 15.0. The van der Waals surface area contributed by atoms with Crippen LogP contribution in [-0.4, -0.2) is 64.6 Å². The number of carbonyl (C=O) groups is 2. The molecule has 0 bridgehead atoms. The Labute approximate surface area is 296 Å². The zero-order chi connectivity index (χ0) is 37.0. The average Bonchev–Trinajstić information content (AvgIpc) is 3.41. The number of rotatable bonds is 12. The van der Waals surface area contributed by atoms with E-state index in [0.717, 1.165) is 23.5 Å². The van der Waals surface area contributed by atoms with Crippen LogP contribution in [0.2, 0.25) is 0 Å². The van der Waals surface area contributed by atoms with E-state index >= 15 is 0 Å². The Morgan fingerprint density at radius 3 is 1.86 bits per heavy atom. The summed E-state index contributed by atoms with van der Waals surface area (Å²) >= 11 is 3.53. The zero-order valence-electron chi connectivity index (χ0n) is 27.1. The summed E-state index contributed by atoms with van der Waals surface area (Å²) in [6, 6.07) is 25.0. The van der Waals surface area contributed by atoms with Gasteiger partial charge in [-0.25, -0.2) is 23.3 Å². The number of hydrogen-bond acceptors (Lipinski definition) is 14. The fourth-order valence-corrected chi connectivity index (χ4v) is 8.13. The smallest absolute Gasteiger partial charge is 0.424 e. The molecule has 6 atom stereocenters. The highest BCUT2D eigenvalue weighted by molar-refractivity contribution is 7.79. The van der Waals surface area contributed by atoms with Gasteiger partial charge in [0.15, 0.2) is 18.4 Å². The van der Waals surface area contributed by atoms with Gasteiger partial charge in [-0.1, -0.05) is 66.7 Å². The van der Waals surface area contributed by atoms with Crippen molar-refractivity contribution in [3.05, 3.63) is 130 Å². The first kappa shape index (κ1) is 39.3. The van der Waals surface area contributed by atoms with Gasteiger partial charge in [0.25, 0.3) is 5.56 Å². The van der Waals surface area contributed by atoms with Crippen molar-refractivity contribution >= 4 is 40.1 Å². The van der Waals surface area contributed by atoms with Gasteiger partial charge in [-0.2, -0.15) is 12.6 Å². The van der Waals surface area contributed by atoms with Crippen LogP contribution in [-0.2, 0) is 38.3 Å². The number of hydrogen-bond donors (Lipinski definition) is 3. The number of aromatic nitrogens is 2. The maximum atomic E-state index is 13.1. The molecule has 0 amide bonds. The van der Waals surface area contributed by atoms with Gasteiger partial charge in [-0.15, -0.1) is 0 Å². The average molecular weight is 765 g/mol. The molecule has 2 N–H and O–H groups in total. The number of phosphoric acid groups is 1. The molecule has 0 aliphatic carbocycles. The molecule has 272 valence electrons. The monoisotopic (exact) mass is 764 g/mol. The number of phosphoric ester groups is 1. The van der Waals surface area contributed by atoms with Gasteiger partial charge in [0.2, 0.25) is 7.37 Å². The molecule has 5 rings (SSSR count). The van der Waals surface area contributed by atoms with Gasteiger partial charge in [-0.3, -0.25) is 23.4 Å². The number of ether oxygens (including phenoxy) is 5. The molecular formula is C32H34N2O14P2S. The molecule has 0 saturated carbocycles. The number of aromatic amines is 1. The topological polar surface area (TPSA) is 208 Å². The van der Waals surface area contributed by atoms with Crippen molar-refractivity contribution < 1.29 is 56.1 Å². The van der Waals surface area contributed by atoms with Gasteiger partial charge in [-0.05, 0) is 36.1 Å². The van der Waals surface area contributed by atoms with E-state index in [4.69, 9.17) is 32.5 Å². The molecule has 2 heterocycles. The quantitative estimate of drug-likeness (QED) is 0.0716. The molecule has 3 aromatic carbocycles. The van der Waals surface area contributed by atoms with E-state index in [-0.39, 0.29) is 17.7 Å². The number of H-pyrrole nitrogens is 1. The van der Waals surface area contributed by atoms with Crippen molar-refractivity contribution in [1.29, 1.82) is 0 Å². The zero-order valence-corrected chi connectivity index (χ0v) is 29.8. The fraction of sp³-hybridized carbons (Fsp3) is 0.250. The molecule has 0 radical (unpaired) electrons. The van der Waals surface area contributed by atoms with Crippen LogP contribution in [0.5, 0.6) is 11.5 Å². The summed E-state index contributed by atoms with van der Waals surface area (Å²) in [6.07, 6.45) is -6.65. The summed E-state index contributed by atoms with van der Waals surface area (Å²) in [4.78, 5) is 63.1. The molecule has 1 fully saturated rings. The van der Waals surface area contributed by atoms with Gasteiger partial charge < -0.3 is 28.6 Å². The maximum absolute atomic E-state index is 13.1. The minimum Gasteiger partial charge on any atom is -0.424 e. The minimum absolute atomic E-state index is 0.0824. The van der Waals surface area contributed by atoms with Crippen LogP contribution in [0.4, 0.5) is 9.59 Å². The Bertz CT molecular complexity index is 1960. The van der Waals surface area contributed by atoms with Crippen molar-refractivity contribution in [2.75, 3.05) is 19.5 Å². The third-order valence-electron chi connectivity index (χ3n) is 6.75. The molecular weight excluding hydrogens is 730 g/mol. The lowest BCUT2D eigenvalue weighted by molar-refractivity contribution is -0.0603. The lowest BCUT2D eigenvalue weighted by Gasteiger charge is -2.24. The van der Waals surface area contributed by atoms with Crippen LogP contribution in [0.1, 0.15) is 11.8 Å². The van der Waals surface area contributed by atoms with Crippen molar-refractivity contribution in [2.45, 2.75) is 30.7 Å². The largest absolute Gasteiger partial charge is 0.514 e. The summed E-state index contributed by atoms with van der Waals surface area (Å²) < 4.78 is 64.5. The Balaban J connectivity index is 0.00000286. The van der Waals surface area contributed by atoms with Crippen LogP contribution in [0, 0.1) is 0 Å². The van der Waals surface area contributed by atoms with Crippen LogP contribution in [0.3, 0.4) is 0 Å². The van der Waals surface area contributed by atoms with Gasteiger partial charge in [0.1, 0.15) is 17.6 Å². The SMILES string of the molecule is CP(=O)(Cc1ccccc1)OP(=O)(O)OCC1OC(n2ccc(=O)[nH]c2=O)C(OC(=O)Oc2ccccc2)C1OC(=O)Oc1ccccc1.CS. The molecule has 16 nitrogen and oxygen atoms in total. The lowest BCUT2D eigenvalue weighted by Crippen LogP contribution is -2.43. The third kappa shape index (κ3) is 11.8.